The Morgan fingerprint density at radius 2 is 1.59 bits per heavy atom. The molecule has 6 nitrogen and oxygen atoms in total. The van der Waals surface area contributed by atoms with E-state index in [2.05, 4.69) is 48.9 Å². The third kappa shape index (κ3) is 6.38. The zero-order chi connectivity index (χ0) is 23.8. The lowest BCUT2D eigenvalue weighted by molar-refractivity contribution is 0.0954. The van der Waals surface area contributed by atoms with Crippen LogP contribution in [0.5, 0.6) is 0 Å². The maximum atomic E-state index is 13.2. The summed E-state index contributed by atoms with van der Waals surface area (Å²) in [6, 6.07) is 22.7. The second-order valence-electron chi connectivity index (χ2n) is 8.33. The minimum Gasteiger partial charge on any atom is -0.371 e. The molecule has 1 aliphatic heterocycles. The first-order valence-corrected chi connectivity index (χ1v) is 12.4. The molecule has 3 amide bonds. The lowest BCUT2D eigenvalue weighted by Crippen LogP contribution is -2.33. The quantitative estimate of drug-likeness (QED) is 0.354. The van der Waals surface area contributed by atoms with Crippen molar-refractivity contribution in [1.82, 2.24) is 5.32 Å². The van der Waals surface area contributed by atoms with Crippen LogP contribution in [0.15, 0.2) is 77.3 Å². The maximum Gasteiger partial charge on any atom is 0.323 e. The Balaban J connectivity index is 1.48. The Kier molecular flexibility index (Phi) is 8.20. The number of carbonyl (C=O) groups is 2. The number of nitrogens with zero attached hydrogens (tertiary/aromatic N) is 1. The van der Waals surface area contributed by atoms with Crippen LogP contribution >= 0.6 is 15.9 Å². The molecule has 1 saturated heterocycles. The van der Waals surface area contributed by atoms with Crippen molar-refractivity contribution in [2.45, 2.75) is 25.7 Å². The predicted octanol–water partition coefficient (Wildman–Crippen LogP) is 6.06. The van der Waals surface area contributed by atoms with E-state index >= 15 is 0 Å². The molecule has 1 heterocycles. The number of hydrogen-bond donors (Lipinski definition) is 3. The van der Waals surface area contributed by atoms with Crippen LogP contribution in [-0.4, -0.2) is 31.6 Å². The fourth-order valence-electron chi connectivity index (χ4n) is 4.11. The number of nitrogens with one attached hydrogen (secondary N) is 3. The average molecular weight is 521 g/mol. The van der Waals surface area contributed by atoms with Crippen molar-refractivity contribution in [3.8, 4) is 0 Å². The topological polar surface area (TPSA) is 73.5 Å². The molecule has 0 atom stereocenters. The minimum absolute atomic E-state index is 0.133. The molecule has 0 aromatic heterocycles. The van der Waals surface area contributed by atoms with E-state index in [0.717, 1.165) is 42.5 Å². The zero-order valence-electron chi connectivity index (χ0n) is 19.0. The van der Waals surface area contributed by atoms with E-state index in [1.54, 1.807) is 6.07 Å². The summed E-state index contributed by atoms with van der Waals surface area (Å²) in [5, 5.41) is 8.74. The van der Waals surface area contributed by atoms with E-state index in [0.29, 0.717) is 23.5 Å². The minimum atomic E-state index is -0.368. The molecule has 4 rings (SSSR count). The van der Waals surface area contributed by atoms with Crippen molar-refractivity contribution in [3.63, 3.8) is 0 Å². The van der Waals surface area contributed by atoms with Crippen LogP contribution in [0.2, 0.25) is 0 Å². The third-order valence-electron chi connectivity index (χ3n) is 5.86. The number of piperidine rings is 1. The highest BCUT2D eigenvalue weighted by Gasteiger charge is 2.20. The van der Waals surface area contributed by atoms with Gasteiger partial charge in [-0.1, -0.05) is 42.5 Å². The molecule has 0 saturated carbocycles. The fraction of sp³-hybridized carbons (Fsp3) is 0.259. The van der Waals surface area contributed by atoms with Gasteiger partial charge in [0, 0.05) is 35.5 Å². The highest BCUT2D eigenvalue weighted by atomic mass is 79.9. The van der Waals surface area contributed by atoms with Gasteiger partial charge in [-0.25, -0.2) is 4.79 Å². The van der Waals surface area contributed by atoms with Crippen LogP contribution in [0.25, 0.3) is 0 Å². The smallest absolute Gasteiger partial charge is 0.323 e. The van der Waals surface area contributed by atoms with E-state index in [1.807, 2.05) is 54.6 Å². The van der Waals surface area contributed by atoms with Gasteiger partial charge >= 0.3 is 6.03 Å². The van der Waals surface area contributed by atoms with Gasteiger partial charge < -0.3 is 20.9 Å². The first-order chi connectivity index (χ1) is 16.6. The molecule has 176 valence electrons. The monoisotopic (exact) mass is 520 g/mol. The highest BCUT2D eigenvalue weighted by Crippen LogP contribution is 2.28. The molecular weight excluding hydrogens is 492 g/mol. The number of urea groups is 1. The number of para-hydroxylation sites is 1. The predicted molar refractivity (Wildman–Crippen MR) is 142 cm³/mol. The van der Waals surface area contributed by atoms with Crippen LogP contribution in [0, 0.1) is 0 Å². The average Bonchev–Trinajstić information content (AvgIpc) is 2.86. The molecule has 7 heteroatoms. The molecule has 1 fully saturated rings. The van der Waals surface area contributed by atoms with E-state index in [1.165, 1.54) is 12.0 Å². The van der Waals surface area contributed by atoms with Gasteiger partial charge in [-0.3, -0.25) is 4.79 Å². The number of carbonyl (C=O) groups excluding carboxylic acids is 2. The van der Waals surface area contributed by atoms with Crippen molar-refractivity contribution in [1.29, 1.82) is 0 Å². The Bertz CT molecular complexity index is 1130. The van der Waals surface area contributed by atoms with Gasteiger partial charge in [-0.15, -0.1) is 0 Å². The van der Waals surface area contributed by atoms with Gasteiger partial charge in [0.25, 0.3) is 5.91 Å². The van der Waals surface area contributed by atoms with Gasteiger partial charge in [0.2, 0.25) is 0 Å². The van der Waals surface area contributed by atoms with Crippen LogP contribution in [0.4, 0.5) is 21.9 Å². The Hall–Kier alpha value is -3.32. The van der Waals surface area contributed by atoms with E-state index in [4.69, 9.17) is 0 Å². The number of hydrogen-bond acceptors (Lipinski definition) is 3. The SMILES string of the molecule is O=C(Nc1ccc(N2CCCCC2)c(C(=O)NCCc2ccccc2)c1)Nc1ccccc1Br. The second kappa shape index (κ2) is 11.7. The number of anilines is 3. The summed E-state index contributed by atoms with van der Waals surface area (Å²) in [6.45, 7) is 2.40. The zero-order valence-corrected chi connectivity index (χ0v) is 20.6. The van der Waals surface area contributed by atoms with Gasteiger partial charge in [-0.05, 0) is 77.5 Å². The van der Waals surface area contributed by atoms with Crippen LogP contribution in [0.3, 0.4) is 0 Å². The lowest BCUT2D eigenvalue weighted by Gasteiger charge is -2.30. The Morgan fingerprint density at radius 1 is 0.853 bits per heavy atom. The van der Waals surface area contributed by atoms with Gasteiger partial charge in [0.05, 0.1) is 11.3 Å². The van der Waals surface area contributed by atoms with Crippen LogP contribution in [-0.2, 0) is 6.42 Å². The van der Waals surface area contributed by atoms with Gasteiger partial charge in [0.15, 0.2) is 0 Å². The molecule has 0 bridgehead atoms. The van der Waals surface area contributed by atoms with Gasteiger partial charge in [-0.2, -0.15) is 0 Å². The summed E-state index contributed by atoms with van der Waals surface area (Å²) in [4.78, 5) is 28.0. The summed E-state index contributed by atoms with van der Waals surface area (Å²) in [5.41, 5.74) is 3.91. The fourth-order valence-corrected chi connectivity index (χ4v) is 4.50. The maximum absolute atomic E-state index is 13.2. The molecule has 0 unspecified atom stereocenters. The largest absolute Gasteiger partial charge is 0.371 e. The molecule has 1 aliphatic rings. The lowest BCUT2D eigenvalue weighted by atomic mass is 10.1. The van der Waals surface area contributed by atoms with Crippen LogP contribution in [0.1, 0.15) is 35.2 Å². The van der Waals surface area contributed by atoms with Crippen molar-refractivity contribution < 1.29 is 9.59 Å². The van der Waals surface area contributed by atoms with E-state index in [9.17, 15) is 9.59 Å². The van der Waals surface area contributed by atoms with E-state index in [-0.39, 0.29) is 11.9 Å². The Morgan fingerprint density at radius 3 is 2.35 bits per heavy atom. The van der Waals surface area contributed by atoms with Crippen molar-refractivity contribution in [3.05, 3.63) is 88.4 Å². The molecule has 34 heavy (non-hydrogen) atoms. The normalized spacial score (nSPS) is 13.3. The van der Waals surface area contributed by atoms with Crippen molar-refractivity contribution in [2.75, 3.05) is 35.2 Å². The van der Waals surface area contributed by atoms with Crippen molar-refractivity contribution in [2.24, 2.45) is 0 Å². The van der Waals surface area contributed by atoms with Crippen LogP contribution < -0.4 is 20.9 Å². The molecule has 0 spiro atoms. The standard InChI is InChI=1S/C27H29BrN4O2/c28-23-11-5-6-12-24(23)31-27(34)30-21-13-14-25(32-17-7-2-8-18-32)22(19-21)26(33)29-16-15-20-9-3-1-4-10-20/h1,3-6,9-14,19H,2,7-8,15-18H2,(H,29,33)(H2,30,31,34). The number of benzene rings is 3. The number of amides is 3. The second-order valence-corrected chi connectivity index (χ2v) is 9.18. The molecule has 0 radical (unpaired) electrons. The van der Waals surface area contributed by atoms with E-state index < -0.39 is 0 Å². The third-order valence-corrected chi connectivity index (χ3v) is 6.55. The van der Waals surface area contributed by atoms with Gasteiger partial charge in [0.1, 0.15) is 0 Å². The summed E-state index contributed by atoms with van der Waals surface area (Å²) in [5.74, 6) is -0.133. The molecule has 3 aromatic carbocycles. The molecule has 0 aliphatic carbocycles. The molecule has 3 aromatic rings. The van der Waals surface area contributed by atoms with Crippen molar-refractivity contribution >= 4 is 44.9 Å². The Labute approximate surface area is 208 Å². The number of halogens is 1. The first kappa shape index (κ1) is 23.8. The summed E-state index contributed by atoms with van der Waals surface area (Å²) >= 11 is 3.43. The number of rotatable bonds is 7. The molecular formula is C27H29BrN4O2. The summed E-state index contributed by atoms with van der Waals surface area (Å²) in [6.07, 6.45) is 4.20. The first-order valence-electron chi connectivity index (χ1n) is 11.6. The molecule has 3 N–H and O–H groups in total. The summed E-state index contributed by atoms with van der Waals surface area (Å²) < 4.78 is 0.795. The highest BCUT2D eigenvalue weighted by molar-refractivity contribution is 9.10. The summed E-state index contributed by atoms with van der Waals surface area (Å²) in [7, 11) is 0.